The molecule has 0 aliphatic carbocycles. The Morgan fingerprint density at radius 2 is 1.86 bits per heavy atom. The highest BCUT2D eigenvalue weighted by Gasteiger charge is 2.18. The Morgan fingerprint density at radius 1 is 1.05 bits per heavy atom. The number of benzene rings is 1. The first kappa shape index (κ1) is 12.6. The average molecular weight is 292 g/mol. The zero-order valence-corrected chi connectivity index (χ0v) is 11.8. The van der Waals surface area contributed by atoms with Crippen LogP contribution in [0.3, 0.4) is 0 Å². The minimum Gasteiger partial charge on any atom is -0.461 e. The van der Waals surface area contributed by atoms with Gasteiger partial charge in [-0.3, -0.25) is 4.79 Å². The SMILES string of the molecule is Cn1nc(-c2ccccc2)c2c(=O)cc(-c3ccco3)oc21. The molecule has 22 heavy (non-hydrogen) atoms. The molecule has 5 nitrogen and oxygen atoms in total. The van der Waals surface area contributed by atoms with Gasteiger partial charge >= 0.3 is 0 Å². The minimum absolute atomic E-state index is 0.139. The predicted molar refractivity (Wildman–Crippen MR) is 82.4 cm³/mol. The fraction of sp³-hybridized carbons (Fsp3) is 0.0588. The van der Waals surface area contributed by atoms with Crippen molar-refractivity contribution < 1.29 is 8.83 Å². The van der Waals surface area contributed by atoms with Crippen molar-refractivity contribution in [3.05, 3.63) is 65.0 Å². The van der Waals surface area contributed by atoms with Crippen LogP contribution in [0.2, 0.25) is 0 Å². The van der Waals surface area contributed by atoms with Crippen LogP contribution in [0.25, 0.3) is 33.9 Å². The first-order valence-corrected chi connectivity index (χ1v) is 6.84. The Balaban J connectivity index is 2.02. The number of aromatic nitrogens is 2. The van der Waals surface area contributed by atoms with E-state index in [2.05, 4.69) is 5.10 Å². The second kappa shape index (κ2) is 4.73. The van der Waals surface area contributed by atoms with Crippen molar-refractivity contribution in [2.75, 3.05) is 0 Å². The van der Waals surface area contributed by atoms with Crippen molar-refractivity contribution in [2.24, 2.45) is 7.05 Å². The second-order valence-electron chi connectivity index (χ2n) is 4.97. The van der Waals surface area contributed by atoms with Crippen LogP contribution in [0.15, 0.2) is 68.4 Å². The van der Waals surface area contributed by atoms with Gasteiger partial charge in [0.25, 0.3) is 0 Å². The molecule has 0 atom stereocenters. The molecule has 0 bridgehead atoms. The fourth-order valence-electron chi connectivity index (χ4n) is 2.51. The Morgan fingerprint density at radius 3 is 2.59 bits per heavy atom. The van der Waals surface area contributed by atoms with Crippen molar-refractivity contribution in [1.29, 1.82) is 0 Å². The fourth-order valence-corrected chi connectivity index (χ4v) is 2.51. The molecule has 108 valence electrons. The molecule has 0 unspecified atom stereocenters. The van der Waals surface area contributed by atoms with E-state index in [0.717, 1.165) is 5.56 Å². The first-order valence-electron chi connectivity index (χ1n) is 6.84. The molecule has 3 heterocycles. The number of aryl methyl sites for hydroxylation is 1. The van der Waals surface area contributed by atoms with Crippen LogP contribution in [0.4, 0.5) is 0 Å². The average Bonchev–Trinajstić information content (AvgIpc) is 3.17. The lowest BCUT2D eigenvalue weighted by Gasteiger charge is -1.98. The molecule has 0 aliphatic rings. The number of furan rings is 1. The maximum atomic E-state index is 12.5. The summed E-state index contributed by atoms with van der Waals surface area (Å²) in [4.78, 5) is 12.5. The summed E-state index contributed by atoms with van der Waals surface area (Å²) in [5, 5.41) is 4.91. The molecule has 0 N–H and O–H groups in total. The van der Waals surface area contributed by atoms with Gasteiger partial charge in [-0.15, -0.1) is 0 Å². The first-order chi connectivity index (χ1) is 10.7. The third-order valence-corrected chi connectivity index (χ3v) is 3.52. The molecule has 1 aromatic carbocycles. The van der Waals surface area contributed by atoms with E-state index in [1.165, 1.54) is 12.3 Å². The lowest BCUT2D eigenvalue weighted by atomic mass is 10.1. The van der Waals surface area contributed by atoms with Gasteiger partial charge in [0.2, 0.25) is 5.71 Å². The molecule has 0 aliphatic heterocycles. The smallest absolute Gasteiger partial charge is 0.229 e. The molecule has 4 aromatic rings. The summed E-state index contributed by atoms with van der Waals surface area (Å²) in [5.41, 5.74) is 1.79. The topological polar surface area (TPSA) is 61.2 Å². The van der Waals surface area contributed by atoms with Crippen LogP contribution in [0, 0.1) is 0 Å². The highest BCUT2D eigenvalue weighted by atomic mass is 16.4. The van der Waals surface area contributed by atoms with Gasteiger partial charge in [-0.1, -0.05) is 30.3 Å². The molecule has 3 aromatic heterocycles. The van der Waals surface area contributed by atoms with Gasteiger partial charge in [-0.2, -0.15) is 5.10 Å². The van der Waals surface area contributed by atoms with Crippen molar-refractivity contribution in [2.45, 2.75) is 0 Å². The summed E-state index contributed by atoms with van der Waals surface area (Å²) in [6.07, 6.45) is 1.54. The van der Waals surface area contributed by atoms with Crippen LogP contribution in [-0.2, 0) is 7.05 Å². The molecule has 0 fully saturated rings. The van der Waals surface area contributed by atoms with Crippen LogP contribution in [0.5, 0.6) is 0 Å². The van der Waals surface area contributed by atoms with Gasteiger partial charge in [0.15, 0.2) is 16.9 Å². The van der Waals surface area contributed by atoms with Gasteiger partial charge < -0.3 is 8.83 Å². The molecule has 0 amide bonds. The van der Waals surface area contributed by atoms with Gasteiger partial charge in [0, 0.05) is 18.7 Å². The van der Waals surface area contributed by atoms with Gasteiger partial charge in [-0.25, -0.2) is 4.68 Å². The van der Waals surface area contributed by atoms with Crippen molar-refractivity contribution in [3.8, 4) is 22.8 Å². The van der Waals surface area contributed by atoms with Gasteiger partial charge in [0.05, 0.1) is 6.26 Å². The highest BCUT2D eigenvalue weighted by molar-refractivity contribution is 5.90. The second-order valence-corrected chi connectivity index (χ2v) is 4.97. The number of hydrogen-bond acceptors (Lipinski definition) is 4. The lowest BCUT2D eigenvalue weighted by molar-refractivity contribution is 0.521. The predicted octanol–water partition coefficient (Wildman–Crippen LogP) is 3.45. The van der Waals surface area contributed by atoms with Crippen LogP contribution < -0.4 is 5.43 Å². The monoisotopic (exact) mass is 292 g/mol. The zero-order valence-electron chi connectivity index (χ0n) is 11.8. The number of hydrogen-bond donors (Lipinski definition) is 0. The van der Waals surface area contributed by atoms with Crippen molar-refractivity contribution >= 4 is 11.1 Å². The number of nitrogens with zero attached hydrogens (tertiary/aromatic N) is 2. The maximum Gasteiger partial charge on any atom is 0.229 e. The Hall–Kier alpha value is -3.08. The summed E-state index contributed by atoms with van der Waals surface area (Å²) >= 11 is 0. The highest BCUT2D eigenvalue weighted by Crippen LogP contribution is 2.28. The molecule has 4 rings (SSSR count). The number of fused-ring (bicyclic) bond motifs is 1. The third-order valence-electron chi connectivity index (χ3n) is 3.52. The largest absolute Gasteiger partial charge is 0.461 e. The quantitative estimate of drug-likeness (QED) is 0.567. The Labute approximate surface area is 125 Å². The molecular weight excluding hydrogens is 280 g/mol. The number of rotatable bonds is 2. The normalized spacial score (nSPS) is 11.1. The van der Waals surface area contributed by atoms with Crippen LogP contribution in [0.1, 0.15) is 0 Å². The van der Waals surface area contributed by atoms with E-state index in [1.54, 1.807) is 23.9 Å². The molecular formula is C17H12N2O3. The third kappa shape index (κ3) is 1.87. The van der Waals surface area contributed by atoms with E-state index in [0.29, 0.717) is 28.3 Å². The van der Waals surface area contributed by atoms with Gasteiger partial charge in [-0.05, 0) is 12.1 Å². The zero-order chi connectivity index (χ0) is 15.1. The lowest BCUT2D eigenvalue weighted by Crippen LogP contribution is -2.00. The Kier molecular flexibility index (Phi) is 2.72. The summed E-state index contributed by atoms with van der Waals surface area (Å²) in [6, 6.07) is 14.5. The molecule has 5 heteroatoms. The van der Waals surface area contributed by atoms with E-state index in [4.69, 9.17) is 8.83 Å². The van der Waals surface area contributed by atoms with Gasteiger partial charge in [0.1, 0.15) is 11.1 Å². The van der Waals surface area contributed by atoms with E-state index < -0.39 is 0 Å². The molecule has 0 saturated heterocycles. The van der Waals surface area contributed by atoms with E-state index in [-0.39, 0.29) is 5.43 Å². The van der Waals surface area contributed by atoms with Crippen LogP contribution in [-0.4, -0.2) is 9.78 Å². The maximum absolute atomic E-state index is 12.5. The summed E-state index contributed by atoms with van der Waals surface area (Å²) in [7, 11) is 1.75. The molecule has 0 spiro atoms. The van der Waals surface area contributed by atoms with E-state index >= 15 is 0 Å². The summed E-state index contributed by atoms with van der Waals surface area (Å²) in [5.74, 6) is 0.909. The molecule has 0 radical (unpaired) electrons. The van der Waals surface area contributed by atoms with E-state index in [1.807, 2.05) is 30.3 Å². The Bertz CT molecular complexity index is 996. The summed E-state index contributed by atoms with van der Waals surface area (Å²) in [6.45, 7) is 0. The minimum atomic E-state index is -0.139. The standard InChI is InChI=1S/C17H12N2O3/c1-19-17-15(16(18-19)11-6-3-2-4-7-11)12(20)10-14(22-17)13-8-5-9-21-13/h2-10H,1H3. The summed E-state index contributed by atoms with van der Waals surface area (Å²) < 4.78 is 12.7. The van der Waals surface area contributed by atoms with E-state index in [9.17, 15) is 4.79 Å². The molecule has 0 saturated carbocycles. The van der Waals surface area contributed by atoms with Crippen molar-refractivity contribution in [1.82, 2.24) is 9.78 Å². The van der Waals surface area contributed by atoms with Crippen molar-refractivity contribution in [3.63, 3.8) is 0 Å². The van der Waals surface area contributed by atoms with Crippen LogP contribution >= 0.6 is 0 Å².